The van der Waals surface area contributed by atoms with E-state index in [0.717, 1.165) is 23.0 Å². The van der Waals surface area contributed by atoms with Gasteiger partial charge in [-0.05, 0) is 53.6 Å². The van der Waals surface area contributed by atoms with Crippen molar-refractivity contribution < 1.29 is 4.79 Å². The molecule has 1 aliphatic heterocycles. The molecule has 2 N–H and O–H groups in total. The fraction of sp³-hybridized carbons (Fsp3) is 0.417. The van der Waals surface area contributed by atoms with E-state index in [9.17, 15) is 4.79 Å². The number of carbonyl (C=O) groups excluding carboxylic acids is 1. The number of hydrogen-bond donors (Lipinski definition) is 1. The Morgan fingerprint density at radius 3 is 3.06 bits per heavy atom. The van der Waals surface area contributed by atoms with Crippen LogP contribution in [0.3, 0.4) is 0 Å². The highest BCUT2D eigenvalue weighted by molar-refractivity contribution is 14.1. The van der Waals surface area contributed by atoms with E-state index in [1.54, 1.807) is 12.1 Å². The maximum atomic E-state index is 12.4. The van der Waals surface area contributed by atoms with E-state index in [-0.39, 0.29) is 11.9 Å². The second-order valence-corrected chi connectivity index (χ2v) is 5.75. The summed E-state index contributed by atoms with van der Waals surface area (Å²) in [6.45, 7) is 1.33. The average molecular weight is 365 g/mol. The van der Waals surface area contributed by atoms with Gasteiger partial charge in [0.15, 0.2) is 0 Å². The van der Waals surface area contributed by atoms with Gasteiger partial charge >= 0.3 is 0 Å². The number of benzene rings is 1. The van der Waals surface area contributed by atoms with Gasteiger partial charge in [0.2, 0.25) is 0 Å². The number of amides is 1. The summed E-state index contributed by atoms with van der Waals surface area (Å²) in [5.41, 5.74) is 6.37. The molecule has 5 heteroatoms. The average Bonchev–Trinajstić information content (AvgIpc) is 2.79. The van der Waals surface area contributed by atoms with Crippen LogP contribution in [-0.4, -0.2) is 29.9 Å². The molecule has 2 rings (SSSR count). The Labute approximate surface area is 119 Å². The van der Waals surface area contributed by atoms with E-state index < -0.39 is 0 Å². The fourth-order valence-corrected chi connectivity index (χ4v) is 2.90. The van der Waals surface area contributed by atoms with E-state index in [1.807, 2.05) is 11.0 Å². The molecular weight excluding hydrogens is 351 g/mol. The van der Waals surface area contributed by atoms with Gasteiger partial charge in [0, 0.05) is 27.7 Å². The summed E-state index contributed by atoms with van der Waals surface area (Å²) in [5, 5.41) is 0.595. The maximum Gasteiger partial charge on any atom is 0.255 e. The Morgan fingerprint density at radius 2 is 2.35 bits per heavy atom. The first-order valence-electron chi connectivity index (χ1n) is 5.59. The van der Waals surface area contributed by atoms with Crippen LogP contribution in [0.1, 0.15) is 23.2 Å². The lowest BCUT2D eigenvalue weighted by atomic mass is 10.1. The lowest BCUT2D eigenvalue weighted by Gasteiger charge is -2.24. The predicted molar refractivity (Wildman–Crippen MR) is 77.3 cm³/mol. The Balaban J connectivity index is 2.27. The van der Waals surface area contributed by atoms with E-state index in [4.69, 9.17) is 17.3 Å². The van der Waals surface area contributed by atoms with Crippen molar-refractivity contribution in [1.82, 2.24) is 4.90 Å². The Hall–Kier alpha value is -0.330. The van der Waals surface area contributed by atoms with Gasteiger partial charge in [-0.15, -0.1) is 0 Å². The Bertz CT molecular complexity index is 439. The largest absolute Gasteiger partial charge is 0.334 e. The normalized spacial score (nSPS) is 19.7. The lowest BCUT2D eigenvalue weighted by Crippen LogP contribution is -2.40. The summed E-state index contributed by atoms with van der Waals surface area (Å²) in [6.07, 6.45) is 2.03. The molecule has 0 aliphatic carbocycles. The van der Waals surface area contributed by atoms with E-state index in [1.165, 1.54) is 0 Å². The van der Waals surface area contributed by atoms with Gasteiger partial charge in [0.1, 0.15) is 0 Å². The number of carbonyl (C=O) groups is 1. The van der Waals surface area contributed by atoms with Crippen LogP contribution in [0, 0.1) is 3.57 Å². The zero-order valence-electron chi connectivity index (χ0n) is 9.33. The number of likely N-dealkylation sites (tertiary alicyclic amines) is 1. The minimum Gasteiger partial charge on any atom is -0.334 e. The van der Waals surface area contributed by atoms with E-state index in [0.29, 0.717) is 17.1 Å². The first-order valence-corrected chi connectivity index (χ1v) is 7.05. The highest BCUT2D eigenvalue weighted by Crippen LogP contribution is 2.24. The topological polar surface area (TPSA) is 46.3 Å². The number of nitrogens with two attached hydrogens (primary N) is 1. The number of nitrogens with zero attached hydrogens (tertiary/aromatic N) is 1. The molecular formula is C12H14ClIN2O. The van der Waals surface area contributed by atoms with Crippen molar-refractivity contribution in [1.29, 1.82) is 0 Å². The summed E-state index contributed by atoms with van der Waals surface area (Å²) < 4.78 is 0.930. The summed E-state index contributed by atoms with van der Waals surface area (Å²) in [4.78, 5) is 14.3. The van der Waals surface area contributed by atoms with Crippen LogP contribution in [0.25, 0.3) is 0 Å². The molecule has 0 radical (unpaired) electrons. The predicted octanol–water partition coefficient (Wildman–Crippen LogP) is 2.51. The molecule has 1 atom stereocenters. The van der Waals surface area contributed by atoms with Crippen LogP contribution in [0.2, 0.25) is 5.02 Å². The van der Waals surface area contributed by atoms with Crippen LogP contribution in [-0.2, 0) is 0 Å². The lowest BCUT2D eigenvalue weighted by molar-refractivity contribution is 0.0740. The molecule has 0 aromatic heterocycles. The van der Waals surface area contributed by atoms with Crippen molar-refractivity contribution in [2.75, 3.05) is 13.1 Å². The van der Waals surface area contributed by atoms with E-state index in [2.05, 4.69) is 22.6 Å². The monoisotopic (exact) mass is 364 g/mol. The van der Waals surface area contributed by atoms with Gasteiger partial charge in [-0.3, -0.25) is 4.79 Å². The van der Waals surface area contributed by atoms with Crippen molar-refractivity contribution in [2.24, 2.45) is 5.73 Å². The first-order chi connectivity index (χ1) is 8.13. The third kappa shape index (κ3) is 2.74. The highest BCUT2D eigenvalue weighted by atomic mass is 127. The zero-order valence-corrected chi connectivity index (χ0v) is 12.2. The number of halogens is 2. The zero-order chi connectivity index (χ0) is 12.4. The fourth-order valence-electron chi connectivity index (χ4n) is 2.16. The van der Waals surface area contributed by atoms with Crippen LogP contribution in [0.4, 0.5) is 0 Å². The van der Waals surface area contributed by atoms with Gasteiger partial charge < -0.3 is 10.6 Å². The standard InChI is InChI=1S/C12H14ClIN2O/c13-8-3-4-11(14)10(6-8)12(17)16-5-1-2-9(16)7-15/h3-4,6,9H,1-2,5,7,15H2. The minimum atomic E-state index is 0.0462. The van der Waals surface area contributed by atoms with Gasteiger partial charge in [-0.1, -0.05) is 11.6 Å². The molecule has 1 unspecified atom stereocenters. The Kier molecular flexibility index (Phi) is 4.27. The van der Waals surface area contributed by atoms with Crippen LogP contribution >= 0.6 is 34.2 Å². The molecule has 17 heavy (non-hydrogen) atoms. The molecule has 0 spiro atoms. The van der Waals surface area contributed by atoms with Crippen LogP contribution < -0.4 is 5.73 Å². The number of hydrogen-bond acceptors (Lipinski definition) is 2. The molecule has 1 heterocycles. The molecule has 1 aromatic rings. The van der Waals surface area contributed by atoms with Gasteiger partial charge in [0.25, 0.3) is 5.91 Å². The molecule has 92 valence electrons. The van der Waals surface area contributed by atoms with Crippen molar-refractivity contribution in [3.63, 3.8) is 0 Å². The molecule has 0 bridgehead atoms. The second kappa shape index (κ2) is 5.54. The molecule has 1 fully saturated rings. The van der Waals surface area contributed by atoms with Crippen molar-refractivity contribution >= 4 is 40.1 Å². The highest BCUT2D eigenvalue weighted by Gasteiger charge is 2.29. The molecule has 0 saturated carbocycles. The van der Waals surface area contributed by atoms with Gasteiger partial charge in [-0.25, -0.2) is 0 Å². The van der Waals surface area contributed by atoms with Crippen molar-refractivity contribution in [2.45, 2.75) is 18.9 Å². The molecule has 1 aliphatic rings. The van der Waals surface area contributed by atoms with Crippen LogP contribution in [0.5, 0.6) is 0 Å². The maximum absolute atomic E-state index is 12.4. The van der Waals surface area contributed by atoms with Crippen molar-refractivity contribution in [3.8, 4) is 0 Å². The van der Waals surface area contributed by atoms with Gasteiger partial charge in [-0.2, -0.15) is 0 Å². The summed E-state index contributed by atoms with van der Waals surface area (Å²) in [6, 6.07) is 5.57. The first kappa shape index (κ1) is 13.1. The summed E-state index contributed by atoms with van der Waals surface area (Å²) in [5.74, 6) is 0.0462. The summed E-state index contributed by atoms with van der Waals surface area (Å²) >= 11 is 8.10. The summed E-state index contributed by atoms with van der Waals surface area (Å²) in [7, 11) is 0. The third-order valence-corrected chi connectivity index (χ3v) is 4.24. The molecule has 1 amide bonds. The number of rotatable bonds is 2. The third-order valence-electron chi connectivity index (χ3n) is 3.07. The smallest absolute Gasteiger partial charge is 0.255 e. The quantitative estimate of drug-likeness (QED) is 0.820. The Morgan fingerprint density at radius 1 is 1.59 bits per heavy atom. The van der Waals surface area contributed by atoms with Crippen LogP contribution in [0.15, 0.2) is 18.2 Å². The van der Waals surface area contributed by atoms with Gasteiger partial charge in [0.05, 0.1) is 5.56 Å². The molecule has 1 saturated heterocycles. The second-order valence-electron chi connectivity index (χ2n) is 4.15. The van der Waals surface area contributed by atoms with Crippen molar-refractivity contribution in [3.05, 3.63) is 32.4 Å². The van der Waals surface area contributed by atoms with E-state index >= 15 is 0 Å². The SMILES string of the molecule is NCC1CCCN1C(=O)c1cc(Cl)ccc1I. The molecule has 1 aromatic carbocycles. The minimum absolute atomic E-state index is 0.0462. The molecule has 3 nitrogen and oxygen atoms in total.